The first-order valence-electron chi connectivity index (χ1n) is 6.56. The van der Waals surface area contributed by atoms with Crippen molar-refractivity contribution in [3.8, 4) is 0 Å². The van der Waals surface area contributed by atoms with Gasteiger partial charge in [-0.1, -0.05) is 60.3 Å². The van der Waals surface area contributed by atoms with Crippen LogP contribution < -0.4 is 5.32 Å². The molecule has 0 saturated heterocycles. The van der Waals surface area contributed by atoms with E-state index in [4.69, 9.17) is 0 Å². The molecule has 0 heterocycles. The highest BCUT2D eigenvalue weighted by Crippen LogP contribution is 2.34. The molecule has 0 spiro atoms. The molecule has 0 fully saturated rings. The summed E-state index contributed by atoms with van der Waals surface area (Å²) in [6.45, 7) is 0. The largest absolute Gasteiger partial charge is 0.355 e. The zero-order chi connectivity index (χ0) is 13.6. The van der Waals surface area contributed by atoms with Gasteiger partial charge in [0.15, 0.2) is 0 Å². The monoisotopic (exact) mass is 277 g/mol. The molecule has 1 nitrogen and oxygen atoms in total. The van der Waals surface area contributed by atoms with Gasteiger partial charge in [-0.15, -0.1) is 0 Å². The maximum atomic E-state index is 3.47. The summed E-state index contributed by atoms with van der Waals surface area (Å²) in [6, 6.07) is 29.1. The number of hydrogen-bond acceptors (Lipinski definition) is 2. The van der Waals surface area contributed by atoms with Gasteiger partial charge in [0, 0.05) is 15.5 Å². The molecule has 0 aliphatic heterocycles. The van der Waals surface area contributed by atoms with E-state index >= 15 is 0 Å². The summed E-state index contributed by atoms with van der Waals surface area (Å²) in [7, 11) is 0. The maximum absolute atomic E-state index is 3.47. The zero-order valence-corrected chi connectivity index (χ0v) is 11.8. The van der Waals surface area contributed by atoms with Crippen LogP contribution in [0, 0.1) is 0 Å². The second kappa shape index (κ2) is 6.31. The molecule has 98 valence electrons. The van der Waals surface area contributed by atoms with Crippen LogP contribution in [-0.2, 0) is 0 Å². The lowest BCUT2D eigenvalue weighted by molar-refractivity contribution is 1.38. The lowest BCUT2D eigenvalue weighted by Gasteiger charge is -2.11. The predicted molar refractivity (Wildman–Crippen MR) is 86.7 cm³/mol. The summed E-state index contributed by atoms with van der Waals surface area (Å²) in [5, 5.41) is 3.47. The van der Waals surface area contributed by atoms with E-state index in [0.29, 0.717) is 0 Å². The molecule has 0 unspecified atom stereocenters. The number of rotatable bonds is 4. The Bertz CT molecular complexity index is 605. The zero-order valence-electron chi connectivity index (χ0n) is 11.0. The first-order chi connectivity index (χ1) is 9.92. The first-order valence-corrected chi connectivity index (χ1v) is 7.37. The van der Waals surface area contributed by atoms with Crippen molar-refractivity contribution in [2.24, 2.45) is 0 Å². The Balaban J connectivity index is 1.85. The van der Waals surface area contributed by atoms with Crippen molar-refractivity contribution in [2.45, 2.75) is 9.79 Å². The van der Waals surface area contributed by atoms with E-state index in [1.807, 2.05) is 24.3 Å². The fraction of sp³-hybridized carbons (Fsp3) is 0. The molecule has 2 heteroatoms. The van der Waals surface area contributed by atoms with Crippen LogP contribution in [-0.4, -0.2) is 0 Å². The van der Waals surface area contributed by atoms with Gasteiger partial charge in [-0.2, -0.15) is 0 Å². The summed E-state index contributed by atoms with van der Waals surface area (Å²) >= 11 is 1.77. The van der Waals surface area contributed by atoms with E-state index in [1.165, 1.54) is 9.79 Å². The molecule has 0 atom stereocenters. The highest BCUT2D eigenvalue weighted by Gasteiger charge is 2.03. The molecule has 0 aromatic heterocycles. The van der Waals surface area contributed by atoms with Gasteiger partial charge in [0.1, 0.15) is 0 Å². The van der Waals surface area contributed by atoms with Gasteiger partial charge in [0.05, 0.1) is 5.69 Å². The standard InChI is InChI=1S/C18H15NS/c1-3-9-15(10-4-1)19-17-13-7-8-14-18(17)20-16-11-5-2-6-12-16/h1-14,19H. The van der Waals surface area contributed by atoms with Gasteiger partial charge >= 0.3 is 0 Å². The topological polar surface area (TPSA) is 12.0 Å². The molecule has 0 saturated carbocycles. The van der Waals surface area contributed by atoms with Gasteiger partial charge in [-0.3, -0.25) is 0 Å². The summed E-state index contributed by atoms with van der Waals surface area (Å²) in [5.41, 5.74) is 2.24. The van der Waals surface area contributed by atoms with Crippen LogP contribution in [0.1, 0.15) is 0 Å². The summed E-state index contributed by atoms with van der Waals surface area (Å²) in [4.78, 5) is 2.47. The molecule has 0 aliphatic carbocycles. The van der Waals surface area contributed by atoms with E-state index < -0.39 is 0 Å². The van der Waals surface area contributed by atoms with Crippen molar-refractivity contribution >= 4 is 23.1 Å². The van der Waals surface area contributed by atoms with Crippen molar-refractivity contribution in [2.75, 3.05) is 5.32 Å². The minimum Gasteiger partial charge on any atom is -0.355 e. The van der Waals surface area contributed by atoms with Crippen LogP contribution in [0.15, 0.2) is 94.7 Å². The van der Waals surface area contributed by atoms with Gasteiger partial charge in [0.25, 0.3) is 0 Å². The fourth-order valence-electron chi connectivity index (χ4n) is 1.95. The smallest absolute Gasteiger partial charge is 0.0526 e. The first kappa shape index (κ1) is 12.8. The molecule has 0 bridgehead atoms. The Morgan fingerprint density at radius 1 is 0.600 bits per heavy atom. The molecule has 3 aromatic rings. The average Bonchev–Trinajstić information content (AvgIpc) is 2.51. The van der Waals surface area contributed by atoms with E-state index in [0.717, 1.165) is 11.4 Å². The molecule has 3 rings (SSSR count). The Morgan fingerprint density at radius 3 is 1.95 bits per heavy atom. The van der Waals surface area contributed by atoms with Gasteiger partial charge in [-0.05, 0) is 36.4 Å². The molecule has 20 heavy (non-hydrogen) atoms. The predicted octanol–water partition coefficient (Wildman–Crippen LogP) is 5.58. The Hall–Kier alpha value is -2.19. The Labute approximate surface area is 123 Å². The SMILES string of the molecule is c1ccc(Nc2ccccc2Sc2ccccc2)cc1. The second-order valence-corrected chi connectivity index (χ2v) is 5.52. The number of anilines is 2. The minimum atomic E-state index is 1.11. The molecule has 3 aromatic carbocycles. The van der Waals surface area contributed by atoms with Gasteiger partial charge < -0.3 is 5.32 Å². The van der Waals surface area contributed by atoms with E-state index in [-0.39, 0.29) is 0 Å². The van der Waals surface area contributed by atoms with Crippen LogP contribution in [0.2, 0.25) is 0 Å². The third-order valence-electron chi connectivity index (χ3n) is 2.91. The highest BCUT2D eigenvalue weighted by atomic mass is 32.2. The molecular formula is C18H15NS. The lowest BCUT2D eigenvalue weighted by atomic mass is 10.3. The maximum Gasteiger partial charge on any atom is 0.0526 e. The molecule has 1 N–H and O–H groups in total. The van der Waals surface area contributed by atoms with Gasteiger partial charge in [-0.25, -0.2) is 0 Å². The van der Waals surface area contributed by atoms with Crippen molar-refractivity contribution in [1.29, 1.82) is 0 Å². The third kappa shape index (κ3) is 3.22. The van der Waals surface area contributed by atoms with E-state index in [9.17, 15) is 0 Å². The number of para-hydroxylation sites is 2. The molecule has 0 aliphatic rings. The summed E-state index contributed by atoms with van der Waals surface area (Å²) in [6.07, 6.45) is 0. The van der Waals surface area contributed by atoms with E-state index in [1.54, 1.807) is 11.8 Å². The fourth-order valence-corrected chi connectivity index (χ4v) is 2.87. The van der Waals surface area contributed by atoms with Crippen LogP contribution in [0.3, 0.4) is 0 Å². The Morgan fingerprint density at radius 2 is 1.20 bits per heavy atom. The van der Waals surface area contributed by atoms with Crippen LogP contribution in [0.4, 0.5) is 11.4 Å². The van der Waals surface area contributed by atoms with Crippen molar-refractivity contribution in [1.82, 2.24) is 0 Å². The normalized spacial score (nSPS) is 10.2. The van der Waals surface area contributed by atoms with Crippen LogP contribution in [0.25, 0.3) is 0 Å². The third-order valence-corrected chi connectivity index (χ3v) is 3.99. The lowest BCUT2D eigenvalue weighted by Crippen LogP contribution is -1.91. The summed E-state index contributed by atoms with van der Waals surface area (Å²) in [5.74, 6) is 0. The highest BCUT2D eigenvalue weighted by molar-refractivity contribution is 7.99. The Kier molecular flexibility index (Phi) is 4.04. The minimum absolute atomic E-state index is 1.11. The van der Waals surface area contributed by atoms with Gasteiger partial charge in [0.2, 0.25) is 0 Å². The van der Waals surface area contributed by atoms with Crippen molar-refractivity contribution in [3.05, 3.63) is 84.9 Å². The summed E-state index contributed by atoms with van der Waals surface area (Å²) < 4.78 is 0. The quantitative estimate of drug-likeness (QED) is 0.668. The molecule has 0 amide bonds. The number of hydrogen-bond donors (Lipinski definition) is 1. The molecular weight excluding hydrogens is 262 g/mol. The number of nitrogens with one attached hydrogen (secondary N) is 1. The average molecular weight is 277 g/mol. The molecule has 0 radical (unpaired) electrons. The number of benzene rings is 3. The van der Waals surface area contributed by atoms with Crippen molar-refractivity contribution < 1.29 is 0 Å². The van der Waals surface area contributed by atoms with E-state index in [2.05, 4.69) is 66.0 Å². The van der Waals surface area contributed by atoms with Crippen molar-refractivity contribution in [3.63, 3.8) is 0 Å². The second-order valence-electron chi connectivity index (χ2n) is 4.40. The van der Waals surface area contributed by atoms with Crippen LogP contribution in [0.5, 0.6) is 0 Å². The van der Waals surface area contributed by atoms with Crippen LogP contribution >= 0.6 is 11.8 Å².